The zero-order valence-corrected chi connectivity index (χ0v) is 11.1. The van der Waals surface area contributed by atoms with Crippen molar-refractivity contribution in [2.75, 3.05) is 11.4 Å². The van der Waals surface area contributed by atoms with E-state index in [1.807, 2.05) is 6.07 Å². The number of carbonyl (C=O) groups is 1. The maximum atomic E-state index is 12.9. The Labute approximate surface area is 114 Å². The summed E-state index contributed by atoms with van der Waals surface area (Å²) in [7, 11) is -4.76. The van der Waals surface area contributed by atoms with Gasteiger partial charge in [-0.05, 0) is 18.2 Å². The lowest BCUT2D eigenvalue weighted by molar-refractivity contribution is -0.117. The van der Waals surface area contributed by atoms with Crippen molar-refractivity contribution in [3.8, 4) is 6.07 Å². The van der Waals surface area contributed by atoms with E-state index in [4.69, 9.17) is 16.9 Å². The standard InChI is InChI=1S/C11H8ClFN2O3S/c12-8-1-7(5-14)2-9(3-8)15-6-10(4-11(15)16)19(13,17)18/h1-3,10H,4,6H2. The molecule has 0 bridgehead atoms. The molecule has 0 aliphatic carbocycles. The molecule has 5 nitrogen and oxygen atoms in total. The second kappa shape index (κ2) is 4.79. The number of hydrogen-bond acceptors (Lipinski definition) is 4. The minimum Gasteiger partial charge on any atom is -0.311 e. The van der Waals surface area contributed by atoms with Crippen molar-refractivity contribution >= 4 is 33.4 Å². The number of nitriles is 1. The van der Waals surface area contributed by atoms with E-state index in [2.05, 4.69) is 0 Å². The molecule has 1 unspecified atom stereocenters. The molecule has 100 valence electrons. The first-order chi connectivity index (χ1) is 8.81. The third kappa shape index (κ3) is 2.85. The number of nitrogens with zero attached hydrogens (tertiary/aromatic N) is 2. The zero-order valence-electron chi connectivity index (χ0n) is 9.51. The Morgan fingerprint density at radius 3 is 2.63 bits per heavy atom. The molecule has 1 heterocycles. The summed E-state index contributed by atoms with van der Waals surface area (Å²) in [6.07, 6.45) is -0.409. The van der Waals surface area contributed by atoms with Gasteiger partial charge in [-0.1, -0.05) is 11.6 Å². The van der Waals surface area contributed by atoms with Crippen LogP contribution in [0.1, 0.15) is 12.0 Å². The van der Waals surface area contributed by atoms with Gasteiger partial charge in [0.15, 0.2) is 0 Å². The average molecular weight is 303 g/mol. The first-order valence-corrected chi connectivity index (χ1v) is 7.08. The molecule has 1 aliphatic rings. The van der Waals surface area contributed by atoms with Gasteiger partial charge in [0.05, 0.1) is 11.6 Å². The maximum absolute atomic E-state index is 12.9. The van der Waals surface area contributed by atoms with Crippen molar-refractivity contribution in [3.63, 3.8) is 0 Å². The number of amides is 1. The Morgan fingerprint density at radius 2 is 2.11 bits per heavy atom. The van der Waals surface area contributed by atoms with Gasteiger partial charge in [0.25, 0.3) is 0 Å². The average Bonchev–Trinajstić information content (AvgIpc) is 2.70. The number of benzene rings is 1. The highest BCUT2D eigenvalue weighted by molar-refractivity contribution is 7.87. The van der Waals surface area contributed by atoms with Gasteiger partial charge in [-0.3, -0.25) is 4.79 Å². The first kappa shape index (κ1) is 13.8. The Bertz CT molecular complexity index is 684. The van der Waals surface area contributed by atoms with Crippen LogP contribution in [-0.2, 0) is 15.0 Å². The van der Waals surface area contributed by atoms with Crippen molar-refractivity contribution in [3.05, 3.63) is 28.8 Å². The van der Waals surface area contributed by atoms with E-state index in [0.29, 0.717) is 5.69 Å². The van der Waals surface area contributed by atoms with Gasteiger partial charge in [0.2, 0.25) is 5.91 Å². The fourth-order valence-electron chi connectivity index (χ4n) is 1.91. The van der Waals surface area contributed by atoms with Crippen molar-refractivity contribution in [2.45, 2.75) is 11.7 Å². The lowest BCUT2D eigenvalue weighted by Crippen LogP contribution is -2.26. The van der Waals surface area contributed by atoms with Crippen LogP contribution in [0.4, 0.5) is 9.57 Å². The van der Waals surface area contributed by atoms with Crippen LogP contribution in [0.2, 0.25) is 5.02 Å². The largest absolute Gasteiger partial charge is 0.311 e. The summed E-state index contributed by atoms with van der Waals surface area (Å²) in [6.45, 7) is -0.275. The Balaban J connectivity index is 2.36. The molecule has 1 amide bonds. The maximum Gasteiger partial charge on any atom is 0.307 e. The predicted octanol–water partition coefficient (Wildman–Crippen LogP) is 1.62. The Kier molecular flexibility index (Phi) is 3.47. The topological polar surface area (TPSA) is 78.2 Å². The van der Waals surface area contributed by atoms with E-state index in [0.717, 1.165) is 4.90 Å². The molecule has 1 aliphatic heterocycles. The van der Waals surface area contributed by atoms with Crippen LogP contribution >= 0.6 is 11.6 Å². The third-order valence-electron chi connectivity index (χ3n) is 2.81. The second-order valence-electron chi connectivity index (χ2n) is 4.12. The molecule has 0 aromatic heterocycles. The smallest absolute Gasteiger partial charge is 0.307 e. The number of halogens is 2. The van der Waals surface area contributed by atoms with E-state index in [9.17, 15) is 17.1 Å². The predicted molar refractivity (Wildman–Crippen MR) is 67.0 cm³/mol. The Hall–Kier alpha value is -1.65. The van der Waals surface area contributed by atoms with Gasteiger partial charge in [-0.15, -0.1) is 3.89 Å². The van der Waals surface area contributed by atoms with Gasteiger partial charge < -0.3 is 4.90 Å². The molecule has 0 saturated carbocycles. The zero-order chi connectivity index (χ0) is 14.2. The van der Waals surface area contributed by atoms with Crippen molar-refractivity contribution in [1.29, 1.82) is 5.26 Å². The van der Waals surface area contributed by atoms with Crippen molar-refractivity contribution in [2.24, 2.45) is 0 Å². The van der Waals surface area contributed by atoms with E-state index >= 15 is 0 Å². The van der Waals surface area contributed by atoms with Crippen LogP contribution in [0.25, 0.3) is 0 Å². The molecule has 1 atom stereocenters. The molecule has 0 N–H and O–H groups in total. The van der Waals surface area contributed by atoms with E-state index in [-0.39, 0.29) is 17.1 Å². The molecule has 1 aromatic carbocycles. The summed E-state index contributed by atoms with van der Waals surface area (Å²) < 4.78 is 34.5. The Morgan fingerprint density at radius 1 is 1.42 bits per heavy atom. The second-order valence-corrected chi connectivity index (χ2v) is 6.17. The molecular formula is C11H8ClFN2O3S. The molecule has 8 heteroatoms. The van der Waals surface area contributed by atoms with Gasteiger partial charge in [-0.25, -0.2) is 0 Å². The number of carbonyl (C=O) groups excluding carboxylic acids is 1. The van der Waals surface area contributed by atoms with Gasteiger partial charge in [0, 0.05) is 23.7 Å². The lowest BCUT2D eigenvalue weighted by atomic mass is 10.2. The normalized spacial score (nSPS) is 19.5. The molecule has 0 radical (unpaired) electrons. The molecule has 2 rings (SSSR count). The van der Waals surface area contributed by atoms with Crippen LogP contribution in [0, 0.1) is 11.3 Å². The molecule has 19 heavy (non-hydrogen) atoms. The summed E-state index contributed by atoms with van der Waals surface area (Å²) in [5, 5.41) is 7.68. The number of anilines is 1. The minimum atomic E-state index is -4.76. The van der Waals surface area contributed by atoms with Crippen LogP contribution in [0.15, 0.2) is 18.2 Å². The first-order valence-electron chi connectivity index (χ1n) is 5.26. The molecule has 0 spiro atoms. The van der Waals surface area contributed by atoms with Crippen molar-refractivity contribution in [1.82, 2.24) is 0 Å². The summed E-state index contributed by atoms with van der Waals surface area (Å²) in [5.41, 5.74) is 0.530. The fourth-order valence-corrected chi connectivity index (χ4v) is 2.81. The summed E-state index contributed by atoms with van der Waals surface area (Å²) in [6, 6.07) is 6.11. The summed E-state index contributed by atoms with van der Waals surface area (Å²) in [5.74, 6) is -0.516. The monoisotopic (exact) mass is 302 g/mol. The van der Waals surface area contributed by atoms with E-state index in [1.54, 1.807) is 0 Å². The highest BCUT2D eigenvalue weighted by Gasteiger charge is 2.39. The molecule has 1 saturated heterocycles. The fraction of sp³-hybridized carbons (Fsp3) is 0.273. The van der Waals surface area contributed by atoms with Gasteiger partial charge >= 0.3 is 10.2 Å². The minimum absolute atomic E-state index is 0.238. The van der Waals surface area contributed by atoms with E-state index in [1.165, 1.54) is 18.2 Å². The highest BCUT2D eigenvalue weighted by atomic mass is 35.5. The summed E-state index contributed by atoms with van der Waals surface area (Å²) >= 11 is 5.80. The van der Waals surface area contributed by atoms with Crippen molar-refractivity contribution < 1.29 is 17.1 Å². The van der Waals surface area contributed by atoms with Crippen LogP contribution < -0.4 is 4.90 Å². The highest BCUT2D eigenvalue weighted by Crippen LogP contribution is 2.28. The van der Waals surface area contributed by atoms with Crippen LogP contribution in [0.3, 0.4) is 0 Å². The SMILES string of the molecule is N#Cc1cc(Cl)cc(N2CC(S(=O)(=O)F)CC2=O)c1. The molecule has 1 fully saturated rings. The van der Waals surface area contributed by atoms with Crippen LogP contribution in [-0.4, -0.2) is 26.1 Å². The number of hydrogen-bond donors (Lipinski definition) is 0. The quantitative estimate of drug-likeness (QED) is 0.778. The van der Waals surface area contributed by atoms with Crippen LogP contribution in [0.5, 0.6) is 0 Å². The van der Waals surface area contributed by atoms with Gasteiger partial charge in [0.1, 0.15) is 5.25 Å². The third-order valence-corrected chi connectivity index (χ3v) is 4.14. The molecule has 1 aromatic rings. The summed E-state index contributed by atoms with van der Waals surface area (Å²) in [4.78, 5) is 12.8. The van der Waals surface area contributed by atoms with E-state index < -0.39 is 27.8 Å². The van der Waals surface area contributed by atoms with Gasteiger partial charge in [-0.2, -0.15) is 13.7 Å². The molecular weight excluding hydrogens is 295 g/mol. The lowest BCUT2D eigenvalue weighted by Gasteiger charge is -2.16. The number of rotatable bonds is 2.